The molecule has 0 radical (unpaired) electrons. The van der Waals surface area contributed by atoms with Gasteiger partial charge in [-0.05, 0) is 24.2 Å². The van der Waals surface area contributed by atoms with Crippen LogP contribution in [0.5, 0.6) is 0 Å². The smallest absolute Gasteiger partial charge is 0.332 e. The summed E-state index contributed by atoms with van der Waals surface area (Å²) in [6.07, 6.45) is 0. The molecule has 1 rings (SSSR count). The van der Waals surface area contributed by atoms with E-state index in [9.17, 15) is 4.79 Å². The van der Waals surface area contributed by atoms with E-state index >= 15 is 0 Å². The molecule has 1 aromatic carbocycles. The molecule has 0 saturated heterocycles. The van der Waals surface area contributed by atoms with Crippen molar-refractivity contribution in [3.05, 3.63) is 35.4 Å². The summed E-state index contributed by atoms with van der Waals surface area (Å²) < 4.78 is 9.76. The van der Waals surface area contributed by atoms with Gasteiger partial charge in [0.15, 0.2) is 0 Å². The summed E-state index contributed by atoms with van der Waals surface area (Å²) in [4.78, 5) is 13.5. The molecule has 0 N–H and O–H groups in total. The van der Waals surface area contributed by atoms with Gasteiger partial charge in [-0.15, -0.1) is 0 Å². The summed E-state index contributed by atoms with van der Waals surface area (Å²) in [5.74, 6) is -0.338. The predicted octanol–water partition coefficient (Wildman–Crippen LogP) is 2.22. The van der Waals surface area contributed by atoms with Crippen molar-refractivity contribution in [2.45, 2.75) is 27.0 Å². The Bertz CT molecular complexity index is 371. The molecule has 1 aromatic rings. The van der Waals surface area contributed by atoms with Crippen molar-refractivity contribution in [1.82, 2.24) is 4.90 Å². The molecule has 0 spiro atoms. The number of nitrogens with zero attached hydrogens (tertiary/aromatic N) is 1. The van der Waals surface area contributed by atoms with Gasteiger partial charge in [0.2, 0.25) is 0 Å². The van der Waals surface area contributed by atoms with Gasteiger partial charge in [-0.25, -0.2) is 4.79 Å². The third-order valence-electron chi connectivity index (χ3n) is 2.99. The van der Waals surface area contributed by atoms with Gasteiger partial charge < -0.3 is 9.47 Å². The number of esters is 1. The topological polar surface area (TPSA) is 38.8 Å². The summed E-state index contributed by atoms with van der Waals surface area (Å²) >= 11 is 0. The van der Waals surface area contributed by atoms with E-state index in [2.05, 4.69) is 30.9 Å². The minimum Gasteiger partial charge on any atom is -0.459 e. The van der Waals surface area contributed by atoms with Crippen molar-refractivity contribution in [2.24, 2.45) is 0 Å². The van der Waals surface area contributed by atoms with Crippen LogP contribution >= 0.6 is 0 Å². The van der Waals surface area contributed by atoms with Crippen molar-refractivity contribution in [2.75, 3.05) is 26.8 Å². The Labute approximate surface area is 115 Å². The second-order valence-electron chi connectivity index (χ2n) is 4.37. The third kappa shape index (κ3) is 5.85. The highest BCUT2D eigenvalue weighted by Crippen LogP contribution is 2.08. The Hall–Kier alpha value is -1.39. The van der Waals surface area contributed by atoms with Crippen molar-refractivity contribution in [3.63, 3.8) is 0 Å². The average Bonchev–Trinajstić information content (AvgIpc) is 2.44. The fourth-order valence-corrected chi connectivity index (χ4v) is 1.77. The van der Waals surface area contributed by atoms with Crippen molar-refractivity contribution < 1.29 is 14.3 Å². The maximum Gasteiger partial charge on any atom is 0.332 e. The van der Waals surface area contributed by atoms with Crippen LogP contribution in [0.3, 0.4) is 0 Å². The van der Waals surface area contributed by atoms with E-state index in [1.165, 1.54) is 12.7 Å². The van der Waals surface area contributed by atoms with Crippen LogP contribution in [0, 0.1) is 0 Å². The zero-order valence-electron chi connectivity index (χ0n) is 12.0. The molecule has 0 fully saturated rings. The molecule has 4 nitrogen and oxygen atoms in total. The second-order valence-corrected chi connectivity index (χ2v) is 4.37. The van der Waals surface area contributed by atoms with Crippen LogP contribution in [0.15, 0.2) is 24.3 Å². The largest absolute Gasteiger partial charge is 0.459 e. The van der Waals surface area contributed by atoms with Gasteiger partial charge in [-0.1, -0.05) is 38.1 Å². The fourth-order valence-electron chi connectivity index (χ4n) is 1.77. The second kappa shape index (κ2) is 8.67. The normalized spacial score (nSPS) is 10.7. The molecule has 106 valence electrons. The quantitative estimate of drug-likeness (QED) is 0.676. The van der Waals surface area contributed by atoms with Crippen molar-refractivity contribution >= 4 is 5.97 Å². The molecular formula is C15H23NO3. The van der Waals surface area contributed by atoms with Gasteiger partial charge in [-0.3, -0.25) is 4.90 Å². The molecule has 0 bridgehead atoms. The first-order valence-electron chi connectivity index (χ1n) is 6.64. The van der Waals surface area contributed by atoms with Gasteiger partial charge in [0, 0.05) is 13.7 Å². The van der Waals surface area contributed by atoms with Gasteiger partial charge in [-0.2, -0.15) is 0 Å². The van der Waals surface area contributed by atoms with Gasteiger partial charge in [0.1, 0.15) is 13.2 Å². The highest BCUT2D eigenvalue weighted by atomic mass is 16.6. The number of carbonyl (C=O) groups is 1. The Morgan fingerprint density at radius 2 is 1.68 bits per heavy atom. The molecule has 0 aliphatic rings. The van der Waals surface area contributed by atoms with E-state index in [0.717, 1.165) is 25.2 Å². The monoisotopic (exact) mass is 265 g/mol. The summed E-state index contributed by atoms with van der Waals surface area (Å²) in [5, 5.41) is 0. The van der Waals surface area contributed by atoms with Crippen LogP contribution in [0.2, 0.25) is 0 Å². The highest BCUT2D eigenvalue weighted by Gasteiger charge is 2.04. The summed E-state index contributed by atoms with van der Waals surface area (Å²) in [7, 11) is 1.48. The number of hydrogen-bond acceptors (Lipinski definition) is 4. The van der Waals surface area contributed by atoms with Crippen LogP contribution < -0.4 is 0 Å². The van der Waals surface area contributed by atoms with E-state index < -0.39 is 0 Å². The fraction of sp³-hybridized carbons (Fsp3) is 0.533. The molecule has 0 aliphatic heterocycles. The lowest BCUT2D eigenvalue weighted by Crippen LogP contribution is -2.22. The predicted molar refractivity (Wildman–Crippen MR) is 74.7 cm³/mol. The molecule has 0 saturated carbocycles. The molecule has 0 aromatic heterocycles. The number of carbonyl (C=O) groups excluding carboxylic acids is 1. The minimum atomic E-state index is -0.338. The van der Waals surface area contributed by atoms with Gasteiger partial charge in [0.25, 0.3) is 0 Å². The zero-order valence-corrected chi connectivity index (χ0v) is 12.0. The van der Waals surface area contributed by atoms with E-state index in [-0.39, 0.29) is 12.6 Å². The first-order valence-corrected chi connectivity index (χ1v) is 6.64. The average molecular weight is 265 g/mol. The number of benzene rings is 1. The molecule has 4 heteroatoms. The standard InChI is InChI=1S/C15H23NO3/c1-4-16(5-2)10-13-6-8-14(9-7-13)11-19-15(17)12-18-3/h6-9H,4-5,10-12H2,1-3H3. The third-order valence-corrected chi connectivity index (χ3v) is 2.99. The zero-order chi connectivity index (χ0) is 14.1. The number of methoxy groups -OCH3 is 1. The Morgan fingerprint density at radius 3 is 2.21 bits per heavy atom. The lowest BCUT2D eigenvalue weighted by atomic mass is 10.1. The summed E-state index contributed by atoms with van der Waals surface area (Å²) in [6.45, 7) is 7.67. The lowest BCUT2D eigenvalue weighted by molar-refractivity contribution is -0.149. The summed E-state index contributed by atoms with van der Waals surface area (Å²) in [6, 6.07) is 8.16. The highest BCUT2D eigenvalue weighted by molar-refractivity contribution is 5.70. The van der Waals surface area contributed by atoms with Crippen LogP contribution in [-0.2, 0) is 27.4 Å². The Balaban J connectivity index is 2.45. The molecule has 0 amide bonds. The summed E-state index contributed by atoms with van der Waals surface area (Å²) in [5.41, 5.74) is 2.27. The van der Waals surface area contributed by atoms with E-state index in [0.29, 0.717) is 6.61 Å². The molecular weight excluding hydrogens is 242 g/mol. The van der Waals surface area contributed by atoms with Crippen molar-refractivity contribution in [1.29, 1.82) is 0 Å². The first-order chi connectivity index (χ1) is 9.19. The first kappa shape index (κ1) is 15.7. The van der Waals surface area contributed by atoms with Gasteiger partial charge >= 0.3 is 5.97 Å². The van der Waals surface area contributed by atoms with E-state index in [1.54, 1.807) is 0 Å². The number of hydrogen-bond donors (Lipinski definition) is 0. The van der Waals surface area contributed by atoms with Crippen LogP contribution in [-0.4, -0.2) is 37.7 Å². The number of rotatable bonds is 8. The van der Waals surface area contributed by atoms with Crippen LogP contribution in [0.1, 0.15) is 25.0 Å². The molecule has 0 atom stereocenters. The van der Waals surface area contributed by atoms with Crippen molar-refractivity contribution in [3.8, 4) is 0 Å². The Kier molecular flexibility index (Phi) is 7.15. The lowest BCUT2D eigenvalue weighted by Gasteiger charge is -2.18. The molecule has 0 heterocycles. The minimum absolute atomic E-state index is 0.0000432. The van der Waals surface area contributed by atoms with E-state index in [4.69, 9.17) is 9.47 Å². The van der Waals surface area contributed by atoms with Crippen LogP contribution in [0.25, 0.3) is 0 Å². The number of ether oxygens (including phenoxy) is 2. The molecule has 0 aliphatic carbocycles. The Morgan fingerprint density at radius 1 is 1.11 bits per heavy atom. The SMILES string of the molecule is CCN(CC)Cc1ccc(COC(=O)COC)cc1. The maximum atomic E-state index is 11.2. The maximum absolute atomic E-state index is 11.2. The van der Waals surface area contributed by atoms with Gasteiger partial charge in [0.05, 0.1) is 0 Å². The molecule has 19 heavy (non-hydrogen) atoms. The van der Waals surface area contributed by atoms with Crippen LogP contribution in [0.4, 0.5) is 0 Å². The van der Waals surface area contributed by atoms with E-state index in [1.807, 2.05) is 12.1 Å². The molecule has 0 unspecified atom stereocenters.